The molecule has 28 heavy (non-hydrogen) atoms. The number of carbonyl (C=O) groups excluding carboxylic acids is 3. The maximum absolute atomic E-state index is 12.4. The molecule has 8 heteroatoms. The quantitative estimate of drug-likeness (QED) is 0.632. The molecule has 7 nitrogen and oxygen atoms in total. The number of benzene rings is 2. The van der Waals surface area contributed by atoms with E-state index in [1.807, 2.05) is 12.1 Å². The van der Waals surface area contributed by atoms with Crippen molar-refractivity contribution in [1.82, 2.24) is 5.32 Å². The van der Waals surface area contributed by atoms with Gasteiger partial charge in [-0.1, -0.05) is 34.1 Å². The van der Waals surface area contributed by atoms with Crippen molar-refractivity contribution in [3.05, 3.63) is 64.6 Å². The molecule has 0 spiro atoms. The first-order chi connectivity index (χ1) is 13.5. The molecule has 1 N–H and O–H groups in total. The molecule has 0 fully saturated rings. The van der Waals surface area contributed by atoms with Gasteiger partial charge >= 0.3 is 5.97 Å². The van der Waals surface area contributed by atoms with E-state index in [4.69, 9.17) is 10.00 Å². The molecule has 0 aliphatic rings. The predicted octanol–water partition coefficient (Wildman–Crippen LogP) is 2.67. The summed E-state index contributed by atoms with van der Waals surface area (Å²) < 4.78 is 5.79. The zero-order valence-electron chi connectivity index (χ0n) is 14.9. The van der Waals surface area contributed by atoms with Gasteiger partial charge in [-0.15, -0.1) is 0 Å². The second-order valence-corrected chi connectivity index (χ2v) is 6.55. The van der Waals surface area contributed by atoms with E-state index in [2.05, 4.69) is 21.2 Å². The van der Waals surface area contributed by atoms with Gasteiger partial charge in [0.2, 0.25) is 0 Å². The number of nitriles is 1. The average Bonchev–Trinajstić information content (AvgIpc) is 2.72. The zero-order chi connectivity index (χ0) is 20.4. The summed E-state index contributed by atoms with van der Waals surface area (Å²) in [6.07, 6.45) is 0.151. The monoisotopic (exact) mass is 443 g/mol. The fraction of sp³-hybridized carbons (Fsp3) is 0.200. The molecule has 0 saturated heterocycles. The number of hydrogen-bond acceptors (Lipinski definition) is 5. The topological polar surface area (TPSA) is 99.5 Å². The molecule has 0 atom stereocenters. The van der Waals surface area contributed by atoms with Gasteiger partial charge in [0.25, 0.3) is 11.8 Å². The van der Waals surface area contributed by atoms with Crippen LogP contribution < -0.4 is 10.2 Å². The van der Waals surface area contributed by atoms with Gasteiger partial charge in [0.1, 0.15) is 6.54 Å². The molecule has 0 aliphatic heterocycles. The normalized spacial score (nSPS) is 9.86. The number of rotatable bonds is 8. The lowest BCUT2D eigenvalue weighted by atomic mass is 10.2. The Hall–Kier alpha value is -3.18. The lowest BCUT2D eigenvalue weighted by Crippen LogP contribution is -2.37. The highest BCUT2D eigenvalue weighted by Gasteiger charge is 2.17. The average molecular weight is 444 g/mol. The third-order valence-electron chi connectivity index (χ3n) is 3.67. The Labute approximate surface area is 171 Å². The SMILES string of the molecule is N#CCCN(C(=O)COC(=O)CNC(=O)c1ccc(Br)cc1)c1ccccc1. The van der Waals surface area contributed by atoms with Gasteiger partial charge in [0.15, 0.2) is 6.61 Å². The van der Waals surface area contributed by atoms with Crippen LogP contribution in [0, 0.1) is 11.3 Å². The van der Waals surface area contributed by atoms with Crippen LogP contribution in [0.1, 0.15) is 16.8 Å². The number of halogens is 1. The standard InChI is InChI=1S/C20H18BrN3O4/c21-16-9-7-15(8-10-16)20(27)23-13-19(26)28-14-18(25)24(12-4-11-22)17-5-2-1-3-6-17/h1-3,5-10H,4,12-14H2,(H,23,27). The molecule has 2 aromatic carbocycles. The number of anilines is 1. The Kier molecular flexibility index (Phi) is 8.18. The van der Waals surface area contributed by atoms with Gasteiger partial charge in [0.05, 0.1) is 12.5 Å². The molecule has 2 aromatic rings. The molecule has 0 aromatic heterocycles. The van der Waals surface area contributed by atoms with E-state index in [9.17, 15) is 14.4 Å². The number of ether oxygens (including phenoxy) is 1. The minimum atomic E-state index is -0.730. The molecule has 2 amide bonds. The molecule has 0 unspecified atom stereocenters. The third-order valence-corrected chi connectivity index (χ3v) is 4.20. The highest BCUT2D eigenvalue weighted by molar-refractivity contribution is 9.10. The van der Waals surface area contributed by atoms with Gasteiger partial charge < -0.3 is 15.0 Å². The number of hydrogen-bond donors (Lipinski definition) is 1. The van der Waals surface area contributed by atoms with E-state index in [0.29, 0.717) is 11.3 Å². The minimum absolute atomic E-state index is 0.151. The fourth-order valence-electron chi connectivity index (χ4n) is 2.29. The smallest absolute Gasteiger partial charge is 0.325 e. The molecule has 0 radical (unpaired) electrons. The summed E-state index contributed by atoms with van der Waals surface area (Å²) in [5, 5.41) is 11.2. The summed E-state index contributed by atoms with van der Waals surface area (Å²) in [5.41, 5.74) is 1.01. The summed E-state index contributed by atoms with van der Waals surface area (Å²) in [5.74, 6) is -1.60. The van der Waals surface area contributed by atoms with Crippen LogP contribution in [0.15, 0.2) is 59.1 Å². The molecule has 0 heterocycles. The first kappa shape index (κ1) is 21.1. The van der Waals surface area contributed by atoms with Crippen LogP contribution >= 0.6 is 15.9 Å². The Bertz CT molecular complexity index is 863. The number of carbonyl (C=O) groups is 3. The maximum Gasteiger partial charge on any atom is 0.325 e. The van der Waals surface area contributed by atoms with Gasteiger partial charge in [-0.2, -0.15) is 5.26 Å². The van der Waals surface area contributed by atoms with Crippen molar-refractivity contribution in [2.75, 3.05) is 24.6 Å². The van der Waals surface area contributed by atoms with Crippen LogP contribution in [0.25, 0.3) is 0 Å². The maximum atomic E-state index is 12.4. The third kappa shape index (κ3) is 6.52. The Morgan fingerprint density at radius 2 is 1.75 bits per heavy atom. The molecule has 0 bridgehead atoms. The van der Waals surface area contributed by atoms with Crippen molar-refractivity contribution < 1.29 is 19.1 Å². The highest BCUT2D eigenvalue weighted by Crippen LogP contribution is 2.14. The lowest BCUT2D eigenvalue weighted by Gasteiger charge is -2.21. The second kappa shape index (κ2) is 10.8. The lowest BCUT2D eigenvalue weighted by molar-refractivity contribution is -0.146. The van der Waals surface area contributed by atoms with Gasteiger partial charge in [-0.25, -0.2) is 0 Å². The van der Waals surface area contributed by atoms with Crippen LogP contribution in [0.4, 0.5) is 5.69 Å². The van der Waals surface area contributed by atoms with E-state index in [-0.39, 0.29) is 19.5 Å². The summed E-state index contributed by atoms with van der Waals surface area (Å²) >= 11 is 3.28. The Morgan fingerprint density at radius 1 is 1.07 bits per heavy atom. The summed E-state index contributed by atoms with van der Waals surface area (Å²) in [6.45, 7) is -0.643. The number of nitrogens with one attached hydrogen (secondary N) is 1. The Balaban J connectivity index is 1.84. The van der Waals surface area contributed by atoms with E-state index in [1.54, 1.807) is 48.5 Å². The number of nitrogens with zero attached hydrogens (tertiary/aromatic N) is 2. The van der Waals surface area contributed by atoms with Crippen LogP contribution in [0.3, 0.4) is 0 Å². The van der Waals surface area contributed by atoms with Gasteiger partial charge in [0, 0.05) is 22.3 Å². The highest BCUT2D eigenvalue weighted by atomic mass is 79.9. The van der Waals surface area contributed by atoms with Crippen LogP contribution in [0.5, 0.6) is 0 Å². The van der Waals surface area contributed by atoms with Crippen LogP contribution in [0.2, 0.25) is 0 Å². The molecular weight excluding hydrogens is 426 g/mol. The number of amides is 2. The van der Waals surface area contributed by atoms with Crippen LogP contribution in [-0.4, -0.2) is 37.5 Å². The van der Waals surface area contributed by atoms with Crippen LogP contribution in [-0.2, 0) is 14.3 Å². The number of esters is 1. The molecular formula is C20H18BrN3O4. The van der Waals surface area contributed by atoms with Crippen molar-refractivity contribution >= 4 is 39.4 Å². The van der Waals surface area contributed by atoms with Crippen molar-refractivity contribution in [2.45, 2.75) is 6.42 Å². The molecule has 144 valence electrons. The summed E-state index contributed by atoms with van der Waals surface area (Å²) in [4.78, 5) is 37.6. The minimum Gasteiger partial charge on any atom is -0.454 e. The first-order valence-corrected chi connectivity index (χ1v) is 9.22. The van der Waals surface area contributed by atoms with Crippen molar-refractivity contribution in [2.24, 2.45) is 0 Å². The van der Waals surface area contributed by atoms with Crippen molar-refractivity contribution in [1.29, 1.82) is 5.26 Å². The molecule has 0 saturated carbocycles. The van der Waals surface area contributed by atoms with E-state index >= 15 is 0 Å². The van der Waals surface area contributed by atoms with E-state index in [1.165, 1.54) is 4.90 Å². The van der Waals surface area contributed by atoms with Gasteiger partial charge in [-0.3, -0.25) is 14.4 Å². The second-order valence-electron chi connectivity index (χ2n) is 5.64. The predicted molar refractivity (Wildman–Crippen MR) is 106 cm³/mol. The van der Waals surface area contributed by atoms with Crippen molar-refractivity contribution in [3.63, 3.8) is 0 Å². The summed E-state index contributed by atoms with van der Waals surface area (Å²) in [6, 6.07) is 17.5. The number of para-hydroxylation sites is 1. The van der Waals surface area contributed by atoms with Gasteiger partial charge in [-0.05, 0) is 36.4 Å². The molecule has 0 aliphatic carbocycles. The fourth-order valence-corrected chi connectivity index (χ4v) is 2.56. The van der Waals surface area contributed by atoms with E-state index < -0.39 is 24.4 Å². The first-order valence-electron chi connectivity index (χ1n) is 8.43. The largest absolute Gasteiger partial charge is 0.454 e. The van der Waals surface area contributed by atoms with E-state index in [0.717, 1.165) is 4.47 Å². The zero-order valence-corrected chi connectivity index (χ0v) is 16.5. The summed E-state index contributed by atoms with van der Waals surface area (Å²) in [7, 11) is 0. The molecule has 2 rings (SSSR count). The Morgan fingerprint density at radius 3 is 2.39 bits per heavy atom. The van der Waals surface area contributed by atoms with Crippen molar-refractivity contribution in [3.8, 4) is 6.07 Å².